The maximum absolute atomic E-state index is 11.4. The molecule has 1 heterocycles. The molecule has 1 aromatic rings. The van der Waals surface area contributed by atoms with Gasteiger partial charge in [-0.3, -0.25) is 0 Å². The summed E-state index contributed by atoms with van der Waals surface area (Å²) in [5.41, 5.74) is 0.309. The van der Waals surface area contributed by atoms with Crippen LogP contribution in [0.2, 0.25) is 10.0 Å². The summed E-state index contributed by atoms with van der Waals surface area (Å²) in [6.07, 6.45) is 2.23. The van der Waals surface area contributed by atoms with Crippen molar-refractivity contribution < 1.29 is 14.3 Å². The number of esters is 1. The number of halogens is 2. The molecule has 2 rings (SSSR count). The second-order valence-electron chi connectivity index (χ2n) is 4.36. The molecule has 6 heteroatoms. The van der Waals surface area contributed by atoms with Gasteiger partial charge in [-0.2, -0.15) is 0 Å². The second kappa shape index (κ2) is 6.46. The SMILES string of the molecule is COC(=O)c1cc(Cl)c(OC[C@@H]2CCCN2)c(Cl)c1. The zero-order valence-electron chi connectivity index (χ0n) is 10.5. The molecule has 0 unspecified atom stereocenters. The van der Waals surface area contributed by atoms with E-state index >= 15 is 0 Å². The van der Waals surface area contributed by atoms with Gasteiger partial charge in [-0.1, -0.05) is 23.2 Å². The summed E-state index contributed by atoms with van der Waals surface area (Å²) in [5, 5.41) is 3.94. The lowest BCUT2D eigenvalue weighted by molar-refractivity contribution is 0.0600. The van der Waals surface area contributed by atoms with Crippen LogP contribution in [0.1, 0.15) is 23.2 Å². The Bertz CT molecular complexity index is 450. The predicted molar refractivity (Wildman–Crippen MR) is 74.3 cm³/mol. The second-order valence-corrected chi connectivity index (χ2v) is 5.18. The summed E-state index contributed by atoms with van der Waals surface area (Å²) in [6.45, 7) is 1.52. The van der Waals surface area contributed by atoms with Crippen molar-refractivity contribution in [3.8, 4) is 5.75 Å². The standard InChI is InChI=1S/C13H15Cl2NO3/c1-18-13(17)8-5-10(14)12(11(15)6-8)19-7-9-3-2-4-16-9/h5-6,9,16H,2-4,7H2,1H3/t9-/m0/s1. The molecule has 0 aliphatic carbocycles. The van der Waals surface area contributed by atoms with E-state index in [1.54, 1.807) is 0 Å². The molecule has 0 amide bonds. The van der Waals surface area contributed by atoms with Crippen molar-refractivity contribution in [3.05, 3.63) is 27.7 Å². The van der Waals surface area contributed by atoms with E-state index in [9.17, 15) is 4.79 Å². The van der Waals surface area contributed by atoms with Crippen LogP contribution in [0.4, 0.5) is 0 Å². The number of methoxy groups -OCH3 is 1. The molecule has 4 nitrogen and oxygen atoms in total. The quantitative estimate of drug-likeness (QED) is 0.869. The first-order valence-electron chi connectivity index (χ1n) is 6.05. The fourth-order valence-electron chi connectivity index (χ4n) is 2.02. The summed E-state index contributed by atoms with van der Waals surface area (Å²) in [6, 6.07) is 3.32. The summed E-state index contributed by atoms with van der Waals surface area (Å²) < 4.78 is 10.3. The number of hydrogen-bond donors (Lipinski definition) is 1. The molecule has 0 saturated carbocycles. The van der Waals surface area contributed by atoms with Gasteiger partial charge in [0.15, 0.2) is 5.75 Å². The van der Waals surface area contributed by atoms with Crippen LogP contribution in [-0.4, -0.2) is 32.3 Å². The Morgan fingerprint density at radius 1 is 1.42 bits per heavy atom. The van der Waals surface area contributed by atoms with Gasteiger partial charge >= 0.3 is 5.97 Å². The maximum Gasteiger partial charge on any atom is 0.337 e. The molecule has 1 aromatic carbocycles. The van der Waals surface area contributed by atoms with Crippen LogP contribution in [0.3, 0.4) is 0 Å². The molecule has 0 aromatic heterocycles. The van der Waals surface area contributed by atoms with Crippen LogP contribution in [-0.2, 0) is 4.74 Å². The van der Waals surface area contributed by atoms with Crippen molar-refractivity contribution in [2.75, 3.05) is 20.3 Å². The van der Waals surface area contributed by atoms with Crippen molar-refractivity contribution in [2.45, 2.75) is 18.9 Å². The first-order valence-corrected chi connectivity index (χ1v) is 6.81. The molecule has 0 bridgehead atoms. The number of ether oxygens (including phenoxy) is 2. The Morgan fingerprint density at radius 3 is 2.63 bits per heavy atom. The average Bonchev–Trinajstić information content (AvgIpc) is 2.89. The zero-order valence-corrected chi connectivity index (χ0v) is 12.1. The normalized spacial score (nSPS) is 18.4. The first kappa shape index (κ1) is 14.4. The molecule has 0 radical (unpaired) electrons. The first-order chi connectivity index (χ1) is 9.11. The van der Waals surface area contributed by atoms with Crippen LogP contribution >= 0.6 is 23.2 Å². The van der Waals surface area contributed by atoms with Crippen LogP contribution in [0.25, 0.3) is 0 Å². The topological polar surface area (TPSA) is 47.6 Å². The van der Waals surface area contributed by atoms with Crippen LogP contribution in [0.5, 0.6) is 5.75 Å². The van der Waals surface area contributed by atoms with E-state index in [0.29, 0.717) is 34.0 Å². The molecule has 1 atom stereocenters. The number of rotatable bonds is 4. The molecular formula is C13H15Cl2NO3. The Hall–Kier alpha value is -0.970. The zero-order chi connectivity index (χ0) is 13.8. The summed E-state index contributed by atoms with van der Waals surface area (Å²) in [7, 11) is 1.31. The maximum atomic E-state index is 11.4. The van der Waals surface area contributed by atoms with Gasteiger partial charge in [-0.25, -0.2) is 4.79 Å². The fraction of sp³-hybridized carbons (Fsp3) is 0.462. The highest BCUT2D eigenvalue weighted by atomic mass is 35.5. The molecule has 104 valence electrons. The van der Waals surface area contributed by atoms with Crippen LogP contribution in [0.15, 0.2) is 12.1 Å². The summed E-state index contributed by atoms with van der Waals surface area (Å²) in [5.74, 6) is -0.0718. The van der Waals surface area contributed by atoms with E-state index in [-0.39, 0.29) is 0 Å². The molecule has 1 N–H and O–H groups in total. The van der Waals surface area contributed by atoms with Gasteiger partial charge in [0.05, 0.1) is 22.7 Å². The Kier molecular flexibility index (Phi) is 4.91. The minimum Gasteiger partial charge on any atom is -0.489 e. The van der Waals surface area contributed by atoms with Gasteiger partial charge in [-0.15, -0.1) is 0 Å². The van der Waals surface area contributed by atoms with E-state index in [0.717, 1.165) is 19.4 Å². The van der Waals surface area contributed by atoms with Gasteiger partial charge in [-0.05, 0) is 31.5 Å². The lowest BCUT2D eigenvalue weighted by Crippen LogP contribution is -2.28. The van der Waals surface area contributed by atoms with Gasteiger partial charge < -0.3 is 14.8 Å². The molecule has 1 saturated heterocycles. The van der Waals surface area contributed by atoms with E-state index in [1.807, 2.05) is 0 Å². The third kappa shape index (κ3) is 3.53. The number of benzene rings is 1. The lowest BCUT2D eigenvalue weighted by atomic mass is 10.2. The molecular weight excluding hydrogens is 289 g/mol. The number of hydrogen-bond acceptors (Lipinski definition) is 4. The van der Waals surface area contributed by atoms with Crippen molar-refractivity contribution in [1.29, 1.82) is 0 Å². The highest BCUT2D eigenvalue weighted by Crippen LogP contribution is 2.34. The summed E-state index contributed by atoms with van der Waals surface area (Å²) in [4.78, 5) is 11.4. The van der Waals surface area contributed by atoms with Crippen molar-refractivity contribution in [2.24, 2.45) is 0 Å². The third-order valence-electron chi connectivity index (χ3n) is 3.01. The summed E-state index contributed by atoms with van der Waals surface area (Å²) >= 11 is 12.2. The minimum absolute atomic E-state index is 0.309. The van der Waals surface area contributed by atoms with Gasteiger partial charge in [0, 0.05) is 6.04 Å². The smallest absolute Gasteiger partial charge is 0.337 e. The van der Waals surface area contributed by atoms with Crippen molar-refractivity contribution >= 4 is 29.2 Å². The van der Waals surface area contributed by atoms with Gasteiger partial charge in [0.2, 0.25) is 0 Å². The van der Waals surface area contributed by atoms with E-state index in [1.165, 1.54) is 19.2 Å². The Labute approximate surface area is 122 Å². The largest absolute Gasteiger partial charge is 0.489 e. The predicted octanol–water partition coefficient (Wildman–Crippen LogP) is 2.91. The molecule has 1 aliphatic rings. The Morgan fingerprint density at radius 2 is 2.11 bits per heavy atom. The van der Waals surface area contributed by atoms with Crippen molar-refractivity contribution in [1.82, 2.24) is 5.32 Å². The monoisotopic (exact) mass is 303 g/mol. The molecule has 0 spiro atoms. The average molecular weight is 304 g/mol. The van der Waals surface area contributed by atoms with Gasteiger partial charge in [0.25, 0.3) is 0 Å². The molecule has 19 heavy (non-hydrogen) atoms. The highest BCUT2D eigenvalue weighted by Gasteiger charge is 2.18. The van der Waals surface area contributed by atoms with E-state index < -0.39 is 5.97 Å². The third-order valence-corrected chi connectivity index (χ3v) is 3.57. The number of nitrogens with one attached hydrogen (secondary N) is 1. The Balaban J connectivity index is 2.09. The lowest BCUT2D eigenvalue weighted by Gasteiger charge is -2.15. The van der Waals surface area contributed by atoms with Crippen LogP contribution < -0.4 is 10.1 Å². The van der Waals surface area contributed by atoms with Crippen molar-refractivity contribution in [3.63, 3.8) is 0 Å². The highest BCUT2D eigenvalue weighted by molar-refractivity contribution is 6.37. The van der Waals surface area contributed by atoms with Gasteiger partial charge in [0.1, 0.15) is 6.61 Å². The number of carbonyl (C=O) groups is 1. The minimum atomic E-state index is -0.479. The van der Waals surface area contributed by atoms with E-state index in [2.05, 4.69) is 10.1 Å². The van der Waals surface area contributed by atoms with Crippen LogP contribution in [0, 0.1) is 0 Å². The molecule has 1 aliphatic heterocycles. The van der Waals surface area contributed by atoms with E-state index in [4.69, 9.17) is 27.9 Å². The fourth-order valence-corrected chi connectivity index (χ4v) is 2.61. The molecule has 1 fully saturated rings. The number of carbonyl (C=O) groups excluding carboxylic acids is 1.